The highest BCUT2D eigenvalue weighted by atomic mass is 19.1. The predicted octanol–water partition coefficient (Wildman–Crippen LogP) is 1.80. The number of likely N-dealkylation sites (tertiary alicyclic amines) is 1. The van der Waals surface area contributed by atoms with E-state index in [1.54, 1.807) is 0 Å². The molecule has 6 nitrogen and oxygen atoms in total. The lowest BCUT2D eigenvalue weighted by molar-refractivity contribution is -0.145. The first-order chi connectivity index (χ1) is 11.9. The summed E-state index contributed by atoms with van der Waals surface area (Å²) in [6.45, 7) is 0.911. The van der Waals surface area contributed by atoms with Crippen molar-refractivity contribution in [3.8, 4) is 0 Å². The molecule has 1 aliphatic rings. The molecule has 0 saturated carbocycles. The fourth-order valence-electron chi connectivity index (χ4n) is 2.77. The minimum Gasteiger partial charge on any atom is -0.481 e. The Hall–Kier alpha value is -2.51. The number of halogens is 2. The molecular weight excluding hydrogens is 334 g/mol. The molecule has 8 heteroatoms. The Bertz CT molecular complexity index is 666. The summed E-state index contributed by atoms with van der Waals surface area (Å²) in [6.07, 6.45) is 1.74. The molecule has 2 amide bonds. The molecule has 1 aromatic rings. The highest BCUT2D eigenvalue weighted by Gasteiger charge is 2.27. The van der Waals surface area contributed by atoms with Crippen molar-refractivity contribution in [2.75, 3.05) is 19.6 Å². The average Bonchev–Trinajstić information content (AvgIpc) is 2.58. The molecule has 1 atom stereocenters. The maximum Gasteiger partial charge on any atom is 0.308 e. The van der Waals surface area contributed by atoms with Gasteiger partial charge in [0.15, 0.2) is 0 Å². The number of nitrogens with zero attached hydrogens (tertiary/aromatic N) is 1. The molecule has 25 heavy (non-hydrogen) atoms. The van der Waals surface area contributed by atoms with Gasteiger partial charge in [-0.25, -0.2) is 8.78 Å². The number of nitrogens with one attached hydrogen (secondary N) is 1. The number of carboxylic acids is 1. The van der Waals surface area contributed by atoms with Crippen LogP contribution >= 0.6 is 0 Å². The average molecular weight is 354 g/mol. The van der Waals surface area contributed by atoms with Crippen molar-refractivity contribution >= 4 is 17.8 Å². The van der Waals surface area contributed by atoms with Gasteiger partial charge in [-0.15, -0.1) is 0 Å². The number of rotatable bonds is 6. The first-order valence-electron chi connectivity index (χ1n) is 8.12. The Labute approximate surface area is 143 Å². The Morgan fingerprint density at radius 2 is 2.04 bits per heavy atom. The first kappa shape index (κ1) is 18.8. The van der Waals surface area contributed by atoms with E-state index >= 15 is 0 Å². The zero-order chi connectivity index (χ0) is 18.4. The minimum absolute atomic E-state index is 0.159. The van der Waals surface area contributed by atoms with Crippen molar-refractivity contribution in [2.45, 2.75) is 25.7 Å². The van der Waals surface area contributed by atoms with Crippen LogP contribution in [0.15, 0.2) is 18.2 Å². The van der Waals surface area contributed by atoms with Gasteiger partial charge in [0, 0.05) is 32.1 Å². The maximum absolute atomic E-state index is 13.5. The van der Waals surface area contributed by atoms with E-state index in [4.69, 9.17) is 5.11 Å². The molecule has 0 aromatic heterocycles. The van der Waals surface area contributed by atoms with E-state index < -0.39 is 29.4 Å². The summed E-state index contributed by atoms with van der Waals surface area (Å²) in [4.78, 5) is 36.4. The number of hydrogen-bond acceptors (Lipinski definition) is 3. The van der Waals surface area contributed by atoms with Crippen LogP contribution in [0.5, 0.6) is 0 Å². The summed E-state index contributed by atoms with van der Waals surface area (Å²) in [5.41, 5.74) is -0.256. The zero-order valence-electron chi connectivity index (χ0n) is 13.6. The van der Waals surface area contributed by atoms with Gasteiger partial charge in [0.1, 0.15) is 11.6 Å². The number of aliphatic carboxylic acids is 1. The topological polar surface area (TPSA) is 86.7 Å². The number of benzene rings is 1. The number of hydrogen-bond donors (Lipinski definition) is 2. The van der Waals surface area contributed by atoms with Gasteiger partial charge in [-0.2, -0.15) is 0 Å². The Balaban J connectivity index is 1.74. The highest BCUT2D eigenvalue weighted by molar-refractivity contribution is 5.94. The Morgan fingerprint density at radius 3 is 2.72 bits per heavy atom. The number of carbonyl (C=O) groups excluding carboxylic acids is 2. The summed E-state index contributed by atoms with van der Waals surface area (Å²) < 4.78 is 26.3. The van der Waals surface area contributed by atoms with E-state index in [1.165, 1.54) is 4.90 Å². The largest absolute Gasteiger partial charge is 0.481 e. The summed E-state index contributed by atoms with van der Waals surface area (Å²) in [5, 5.41) is 11.5. The van der Waals surface area contributed by atoms with E-state index in [0.29, 0.717) is 31.9 Å². The molecule has 2 N–H and O–H groups in total. The lowest BCUT2D eigenvalue weighted by atomic mass is 9.98. The smallest absolute Gasteiger partial charge is 0.308 e. The molecule has 1 aliphatic heterocycles. The van der Waals surface area contributed by atoms with Crippen LogP contribution in [0.2, 0.25) is 0 Å². The molecule has 1 aromatic carbocycles. The third-order valence-electron chi connectivity index (χ3n) is 4.15. The van der Waals surface area contributed by atoms with Gasteiger partial charge in [0.2, 0.25) is 5.91 Å². The number of amides is 2. The van der Waals surface area contributed by atoms with E-state index in [2.05, 4.69) is 5.32 Å². The summed E-state index contributed by atoms with van der Waals surface area (Å²) in [6, 6.07) is 2.69. The second-order valence-electron chi connectivity index (χ2n) is 6.00. The van der Waals surface area contributed by atoms with Gasteiger partial charge in [-0.1, -0.05) is 0 Å². The SMILES string of the molecule is O=C(NCCCC(=O)N1CCCC(C(=O)O)C1)c1ccc(F)cc1F. The summed E-state index contributed by atoms with van der Waals surface area (Å²) in [7, 11) is 0. The summed E-state index contributed by atoms with van der Waals surface area (Å²) in [5.74, 6) is -3.96. The third kappa shape index (κ3) is 5.23. The van der Waals surface area contributed by atoms with Crippen molar-refractivity contribution in [2.24, 2.45) is 5.92 Å². The molecule has 1 unspecified atom stereocenters. The molecule has 0 spiro atoms. The monoisotopic (exact) mass is 354 g/mol. The Kier molecular flexibility index (Phi) is 6.44. The van der Waals surface area contributed by atoms with Crippen LogP contribution in [0.25, 0.3) is 0 Å². The quantitative estimate of drug-likeness (QED) is 0.763. The van der Waals surface area contributed by atoms with Gasteiger partial charge >= 0.3 is 5.97 Å². The van der Waals surface area contributed by atoms with E-state index in [1.807, 2.05) is 0 Å². The fourth-order valence-corrected chi connectivity index (χ4v) is 2.77. The van der Waals surface area contributed by atoms with Crippen molar-refractivity contribution in [3.63, 3.8) is 0 Å². The normalized spacial score (nSPS) is 17.2. The molecule has 0 radical (unpaired) electrons. The predicted molar refractivity (Wildman–Crippen MR) is 84.9 cm³/mol. The van der Waals surface area contributed by atoms with E-state index in [-0.39, 0.29) is 31.0 Å². The van der Waals surface area contributed by atoms with Gasteiger partial charge in [0.25, 0.3) is 5.91 Å². The molecule has 0 bridgehead atoms. The lowest BCUT2D eigenvalue weighted by Crippen LogP contribution is -2.42. The number of piperidine rings is 1. The maximum atomic E-state index is 13.5. The molecular formula is C17H20F2N2O4. The van der Waals surface area contributed by atoms with Crippen molar-refractivity contribution in [3.05, 3.63) is 35.4 Å². The van der Waals surface area contributed by atoms with Gasteiger partial charge in [-0.3, -0.25) is 14.4 Å². The van der Waals surface area contributed by atoms with E-state index in [9.17, 15) is 23.2 Å². The molecule has 1 heterocycles. The van der Waals surface area contributed by atoms with Gasteiger partial charge in [0.05, 0.1) is 11.5 Å². The van der Waals surface area contributed by atoms with Crippen LogP contribution in [-0.2, 0) is 9.59 Å². The number of carboxylic acid groups (broad SMARTS) is 1. The summed E-state index contributed by atoms with van der Waals surface area (Å²) >= 11 is 0. The molecule has 1 saturated heterocycles. The van der Waals surface area contributed by atoms with Crippen LogP contribution in [0.3, 0.4) is 0 Å². The lowest BCUT2D eigenvalue weighted by Gasteiger charge is -2.30. The molecule has 2 rings (SSSR count). The molecule has 136 valence electrons. The van der Waals surface area contributed by atoms with Gasteiger partial charge < -0.3 is 15.3 Å². The second kappa shape index (κ2) is 8.55. The van der Waals surface area contributed by atoms with Crippen molar-refractivity contribution in [1.82, 2.24) is 10.2 Å². The van der Waals surface area contributed by atoms with Gasteiger partial charge in [-0.05, 0) is 31.4 Å². The Morgan fingerprint density at radius 1 is 1.28 bits per heavy atom. The van der Waals surface area contributed by atoms with Crippen LogP contribution in [0, 0.1) is 17.6 Å². The molecule has 0 aliphatic carbocycles. The van der Waals surface area contributed by atoms with Crippen molar-refractivity contribution < 1.29 is 28.3 Å². The van der Waals surface area contributed by atoms with Crippen LogP contribution in [0.4, 0.5) is 8.78 Å². The van der Waals surface area contributed by atoms with Crippen molar-refractivity contribution in [1.29, 1.82) is 0 Å². The van der Waals surface area contributed by atoms with Crippen LogP contribution in [-0.4, -0.2) is 47.4 Å². The number of carbonyl (C=O) groups is 3. The van der Waals surface area contributed by atoms with Crippen LogP contribution < -0.4 is 5.32 Å². The fraction of sp³-hybridized carbons (Fsp3) is 0.471. The third-order valence-corrected chi connectivity index (χ3v) is 4.15. The van der Waals surface area contributed by atoms with E-state index in [0.717, 1.165) is 12.1 Å². The zero-order valence-corrected chi connectivity index (χ0v) is 13.6. The second-order valence-corrected chi connectivity index (χ2v) is 6.00. The van der Waals surface area contributed by atoms with Crippen LogP contribution in [0.1, 0.15) is 36.0 Å². The standard InChI is InChI=1S/C17H20F2N2O4/c18-12-5-6-13(14(19)9-12)16(23)20-7-1-4-15(22)21-8-2-3-11(10-21)17(24)25/h5-6,9,11H,1-4,7-8,10H2,(H,20,23)(H,24,25). The molecule has 1 fully saturated rings. The first-order valence-corrected chi connectivity index (χ1v) is 8.12. The highest BCUT2D eigenvalue weighted by Crippen LogP contribution is 2.17. The minimum atomic E-state index is -0.943.